The van der Waals surface area contributed by atoms with Crippen molar-refractivity contribution in [2.75, 3.05) is 4.90 Å². The van der Waals surface area contributed by atoms with E-state index in [1.807, 2.05) is 112 Å². The number of carbonyl (C=O) groups is 1. The summed E-state index contributed by atoms with van der Waals surface area (Å²) in [7, 11) is 1.79. The lowest BCUT2D eigenvalue weighted by Gasteiger charge is -2.12. The highest BCUT2D eigenvalue weighted by Gasteiger charge is 2.38. The molecule has 0 saturated carbocycles. The van der Waals surface area contributed by atoms with Gasteiger partial charge in [0.1, 0.15) is 11.4 Å². The summed E-state index contributed by atoms with van der Waals surface area (Å²) in [5, 5.41) is 4.89. The van der Waals surface area contributed by atoms with Gasteiger partial charge < -0.3 is 4.74 Å². The molecule has 1 fully saturated rings. The molecule has 0 aliphatic carbocycles. The molecule has 1 saturated heterocycles. The van der Waals surface area contributed by atoms with Crippen molar-refractivity contribution in [3.8, 4) is 28.4 Å². The molecule has 2 aromatic heterocycles. The Labute approximate surface area is 258 Å². The molecule has 0 spiro atoms. The van der Waals surface area contributed by atoms with Crippen LogP contribution in [0.4, 0.5) is 5.69 Å². The van der Waals surface area contributed by atoms with E-state index in [1.165, 1.54) is 16.7 Å². The Hall–Kier alpha value is -4.67. The Bertz CT molecular complexity index is 1920. The SMILES string of the molecule is Cc1c(N2C(=O)C(=Cc3cn(-c4ccccc4)nc3-c3ccc(OC(C)C)cc3)SC2=S)c(=O)n(-c2ccccc2)n1C. The minimum atomic E-state index is -0.347. The highest BCUT2D eigenvalue weighted by Crippen LogP contribution is 2.38. The van der Waals surface area contributed by atoms with Crippen molar-refractivity contribution in [3.63, 3.8) is 0 Å². The van der Waals surface area contributed by atoms with Crippen molar-refractivity contribution in [1.29, 1.82) is 0 Å². The number of anilines is 1. The normalized spacial score (nSPS) is 14.3. The Morgan fingerprint density at radius 1 is 0.907 bits per heavy atom. The van der Waals surface area contributed by atoms with Gasteiger partial charge in [-0.25, -0.2) is 9.36 Å². The van der Waals surface area contributed by atoms with E-state index < -0.39 is 0 Å². The van der Waals surface area contributed by atoms with Crippen molar-refractivity contribution in [2.45, 2.75) is 26.9 Å². The first-order valence-electron chi connectivity index (χ1n) is 13.8. The molecule has 1 aliphatic rings. The van der Waals surface area contributed by atoms with E-state index in [0.717, 1.165) is 22.6 Å². The topological polar surface area (TPSA) is 74.3 Å². The van der Waals surface area contributed by atoms with Gasteiger partial charge in [-0.05, 0) is 75.4 Å². The zero-order valence-electron chi connectivity index (χ0n) is 24.1. The van der Waals surface area contributed by atoms with Gasteiger partial charge in [0.05, 0.1) is 33.8 Å². The molecule has 5 aromatic rings. The number of nitrogens with zero attached hydrogens (tertiary/aromatic N) is 5. The fourth-order valence-corrected chi connectivity index (χ4v) is 6.27. The summed E-state index contributed by atoms with van der Waals surface area (Å²) in [6.07, 6.45) is 3.75. The van der Waals surface area contributed by atoms with Crippen molar-refractivity contribution in [3.05, 3.63) is 118 Å². The Kier molecular flexibility index (Phi) is 7.64. The molecule has 1 aliphatic heterocycles. The standard InChI is InChI=1S/C33H29N5O3S2/c1-21(2)41-27-17-15-23(16-18-27)29-24(20-36(34-29)25-11-7-5-8-12-25)19-28-31(39)37(33(42)43-28)30-22(3)35(4)38(32(30)40)26-13-9-6-10-14-26/h5-21H,1-4H3. The van der Waals surface area contributed by atoms with E-state index in [9.17, 15) is 9.59 Å². The predicted molar refractivity (Wildman–Crippen MR) is 176 cm³/mol. The smallest absolute Gasteiger partial charge is 0.296 e. The number of thioether (sulfide) groups is 1. The lowest BCUT2D eigenvalue weighted by molar-refractivity contribution is -0.113. The fraction of sp³-hybridized carbons (Fsp3) is 0.152. The second-order valence-corrected chi connectivity index (χ2v) is 12.0. The molecule has 43 heavy (non-hydrogen) atoms. The van der Waals surface area contributed by atoms with Gasteiger partial charge in [0.2, 0.25) is 0 Å². The average molecular weight is 608 g/mol. The van der Waals surface area contributed by atoms with Crippen molar-refractivity contribution in [2.24, 2.45) is 7.05 Å². The maximum atomic E-state index is 13.9. The first-order chi connectivity index (χ1) is 20.7. The maximum Gasteiger partial charge on any atom is 0.296 e. The van der Waals surface area contributed by atoms with Crippen LogP contribution in [0.15, 0.2) is 101 Å². The van der Waals surface area contributed by atoms with Gasteiger partial charge in [-0.2, -0.15) is 5.10 Å². The second kappa shape index (κ2) is 11.5. The van der Waals surface area contributed by atoms with Gasteiger partial charge in [0, 0.05) is 24.4 Å². The number of amides is 1. The minimum Gasteiger partial charge on any atom is -0.491 e. The molecule has 216 valence electrons. The molecule has 0 N–H and O–H groups in total. The Balaban J connectivity index is 1.41. The molecule has 0 bridgehead atoms. The molecule has 8 nitrogen and oxygen atoms in total. The van der Waals surface area contributed by atoms with E-state index in [4.69, 9.17) is 22.1 Å². The summed E-state index contributed by atoms with van der Waals surface area (Å²) >= 11 is 6.85. The van der Waals surface area contributed by atoms with Crippen LogP contribution in [0.5, 0.6) is 5.75 Å². The Morgan fingerprint density at radius 2 is 1.53 bits per heavy atom. The number of aromatic nitrogens is 4. The second-order valence-electron chi connectivity index (χ2n) is 10.3. The van der Waals surface area contributed by atoms with Gasteiger partial charge in [0.25, 0.3) is 11.5 Å². The molecule has 0 radical (unpaired) electrons. The number of para-hydroxylation sites is 2. The monoisotopic (exact) mass is 607 g/mol. The molecule has 6 rings (SSSR count). The van der Waals surface area contributed by atoms with Gasteiger partial charge >= 0.3 is 0 Å². The van der Waals surface area contributed by atoms with E-state index in [-0.39, 0.29) is 23.3 Å². The molecule has 3 heterocycles. The fourth-order valence-electron chi connectivity index (χ4n) is 5.01. The third-order valence-corrected chi connectivity index (χ3v) is 8.39. The van der Waals surface area contributed by atoms with Crippen LogP contribution in [0.3, 0.4) is 0 Å². The quantitative estimate of drug-likeness (QED) is 0.155. The van der Waals surface area contributed by atoms with Gasteiger partial charge in [-0.15, -0.1) is 0 Å². The number of hydrogen-bond acceptors (Lipinski definition) is 6. The molecule has 10 heteroatoms. The summed E-state index contributed by atoms with van der Waals surface area (Å²) in [5.41, 5.74) is 4.47. The zero-order chi connectivity index (χ0) is 30.2. The van der Waals surface area contributed by atoms with Crippen LogP contribution in [-0.4, -0.2) is 35.5 Å². The number of benzene rings is 3. The summed E-state index contributed by atoms with van der Waals surface area (Å²) in [6, 6.07) is 26.8. The number of thiocarbonyl (C=S) groups is 1. The van der Waals surface area contributed by atoms with Gasteiger partial charge in [-0.3, -0.25) is 19.2 Å². The van der Waals surface area contributed by atoms with Crippen LogP contribution < -0.4 is 15.2 Å². The van der Waals surface area contributed by atoms with Gasteiger partial charge in [0.15, 0.2) is 4.32 Å². The summed E-state index contributed by atoms with van der Waals surface area (Å²) < 4.78 is 11.2. The summed E-state index contributed by atoms with van der Waals surface area (Å²) in [4.78, 5) is 29.3. The largest absolute Gasteiger partial charge is 0.491 e. The number of carbonyl (C=O) groups excluding carboxylic acids is 1. The molecular weight excluding hydrogens is 579 g/mol. The molecule has 3 aromatic carbocycles. The number of rotatable bonds is 7. The van der Waals surface area contributed by atoms with Crippen LogP contribution in [0.2, 0.25) is 0 Å². The average Bonchev–Trinajstić information content (AvgIpc) is 3.61. The highest BCUT2D eigenvalue weighted by atomic mass is 32.2. The minimum absolute atomic E-state index is 0.0608. The third-order valence-electron chi connectivity index (χ3n) is 7.09. The summed E-state index contributed by atoms with van der Waals surface area (Å²) in [6.45, 7) is 5.78. The predicted octanol–water partition coefficient (Wildman–Crippen LogP) is 6.53. The van der Waals surface area contributed by atoms with Crippen LogP contribution in [0.25, 0.3) is 28.7 Å². The van der Waals surface area contributed by atoms with Gasteiger partial charge in [-0.1, -0.05) is 60.4 Å². The van der Waals surface area contributed by atoms with E-state index in [0.29, 0.717) is 26.3 Å². The lowest BCUT2D eigenvalue weighted by Crippen LogP contribution is -2.33. The van der Waals surface area contributed by atoms with Crippen molar-refractivity contribution in [1.82, 2.24) is 19.1 Å². The zero-order valence-corrected chi connectivity index (χ0v) is 25.7. The van der Waals surface area contributed by atoms with E-state index >= 15 is 0 Å². The van der Waals surface area contributed by atoms with E-state index in [1.54, 1.807) is 27.2 Å². The van der Waals surface area contributed by atoms with Crippen LogP contribution in [0, 0.1) is 6.92 Å². The Morgan fingerprint density at radius 3 is 2.16 bits per heavy atom. The first-order valence-corrected chi connectivity index (χ1v) is 15.0. The van der Waals surface area contributed by atoms with Crippen LogP contribution in [-0.2, 0) is 11.8 Å². The molecule has 0 unspecified atom stereocenters. The molecular formula is C33H29N5O3S2. The number of hydrogen-bond donors (Lipinski definition) is 0. The lowest BCUT2D eigenvalue weighted by atomic mass is 10.1. The highest BCUT2D eigenvalue weighted by molar-refractivity contribution is 8.27. The van der Waals surface area contributed by atoms with Crippen molar-refractivity contribution < 1.29 is 9.53 Å². The third kappa shape index (κ3) is 5.35. The number of ether oxygens (including phenoxy) is 1. The summed E-state index contributed by atoms with van der Waals surface area (Å²) in [5.74, 6) is 0.420. The first kappa shape index (κ1) is 28.4. The van der Waals surface area contributed by atoms with Crippen molar-refractivity contribution >= 4 is 46.0 Å². The molecule has 0 atom stereocenters. The van der Waals surface area contributed by atoms with Crippen LogP contribution in [0.1, 0.15) is 25.1 Å². The van der Waals surface area contributed by atoms with Crippen LogP contribution >= 0.6 is 24.0 Å². The molecule has 1 amide bonds. The maximum absolute atomic E-state index is 13.9. The van der Waals surface area contributed by atoms with E-state index in [2.05, 4.69) is 0 Å².